The van der Waals surface area contributed by atoms with Crippen LogP contribution in [0.25, 0.3) is 0 Å². The molecule has 2 N–H and O–H groups in total. The highest BCUT2D eigenvalue weighted by Crippen LogP contribution is 2.13. The van der Waals surface area contributed by atoms with Gasteiger partial charge >= 0.3 is 0 Å². The van der Waals surface area contributed by atoms with E-state index in [-0.39, 0.29) is 0 Å². The Morgan fingerprint density at radius 1 is 1.13 bits per heavy atom. The molecule has 0 saturated carbocycles. The van der Waals surface area contributed by atoms with Crippen LogP contribution < -0.4 is 15.6 Å². The first-order valence-electron chi connectivity index (χ1n) is 6.77. The highest BCUT2D eigenvalue weighted by atomic mass is 16.5. The van der Waals surface area contributed by atoms with Crippen molar-refractivity contribution in [2.75, 3.05) is 0 Å². The van der Waals surface area contributed by atoms with Gasteiger partial charge in [0.05, 0.1) is 11.6 Å². The number of rotatable bonds is 4. The molecule has 0 radical (unpaired) electrons. The maximum absolute atomic E-state index is 11.9. The standard InChI is InChI=1S/C16H14N4O3/c1-11(23-14-4-2-12(10-17)3-5-14)15(21)19-20-16(22)13-6-8-18-9-7-13/h2-9,11H,1H3,(H,19,21)(H,20,22)/t11-/m1/s1. The molecule has 0 aliphatic carbocycles. The van der Waals surface area contributed by atoms with Crippen LogP contribution >= 0.6 is 0 Å². The smallest absolute Gasteiger partial charge is 0.279 e. The van der Waals surface area contributed by atoms with E-state index in [0.717, 1.165) is 0 Å². The Bertz CT molecular complexity index is 723. The number of nitriles is 1. The second-order valence-electron chi connectivity index (χ2n) is 4.58. The van der Waals surface area contributed by atoms with E-state index in [4.69, 9.17) is 10.00 Å². The van der Waals surface area contributed by atoms with Gasteiger partial charge in [0, 0.05) is 18.0 Å². The summed E-state index contributed by atoms with van der Waals surface area (Å²) in [5, 5.41) is 8.72. The first kappa shape index (κ1) is 16.0. The van der Waals surface area contributed by atoms with Gasteiger partial charge in [0.2, 0.25) is 0 Å². The van der Waals surface area contributed by atoms with E-state index in [1.807, 2.05) is 6.07 Å². The van der Waals surface area contributed by atoms with Gasteiger partial charge in [-0.15, -0.1) is 0 Å². The highest BCUT2D eigenvalue weighted by Gasteiger charge is 2.15. The fourth-order valence-electron chi connectivity index (χ4n) is 1.66. The maximum Gasteiger partial charge on any atom is 0.279 e. The van der Waals surface area contributed by atoms with Gasteiger partial charge in [-0.2, -0.15) is 5.26 Å². The Balaban J connectivity index is 1.85. The third-order valence-corrected chi connectivity index (χ3v) is 2.91. The van der Waals surface area contributed by atoms with Gasteiger partial charge in [-0.05, 0) is 43.3 Å². The van der Waals surface area contributed by atoms with Crippen LogP contribution in [-0.2, 0) is 4.79 Å². The van der Waals surface area contributed by atoms with Gasteiger partial charge in [0.1, 0.15) is 5.75 Å². The van der Waals surface area contributed by atoms with Crippen molar-refractivity contribution in [3.05, 3.63) is 59.9 Å². The van der Waals surface area contributed by atoms with Crippen molar-refractivity contribution >= 4 is 11.8 Å². The summed E-state index contributed by atoms with van der Waals surface area (Å²) in [5.41, 5.74) is 5.46. The number of nitrogens with one attached hydrogen (secondary N) is 2. The zero-order valence-corrected chi connectivity index (χ0v) is 12.3. The minimum atomic E-state index is -0.819. The normalized spacial score (nSPS) is 11.0. The number of carbonyl (C=O) groups excluding carboxylic acids is 2. The molecule has 0 aliphatic heterocycles. The van der Waals surface area contributed by atoms with Crippen LogP contribution in [0.4, 0.5) is 0 Å². The van der Waals surface area contributed by atoms with E-state index in [0.29, 0.717) is 16.9 Å². The second-order valence-corrected chi connectivity index (χ2v) is 4.58. The minimum absolute atomic E-state index is 0.376. The number of hydrazine groups is 1. The number of hydrogen-bond donors (Lipinski definition) is 2. The average Bonchev–Trinajstić information content (AvgIpc) is 2.60. The number of nitrogens with zero attached hydrogens (tertiary/aromatic N) is 2. The Labute approximate surface area is 132 Å². The molecule has 2 amide bonds. The summed E-state index contributed by atoms with van der Waals surface area (Å²) in [6, 6.07) is 11.4. The molecular formula is C16H14N4O3. The van der Waals surface area contributed by atoms with Crippen LogP contribution in [0, 0.1) is 11.3 Å². The van der Waals surface area contributed by atoms with E-state index in [2.05, 4.69) is 15.8 Å². The van der Waals surface area contributed by atoms with Gasteiger partial charge in [-0.1, -0.05) is 0 Å². The fourth-order valence-corrected chi connectivity index (χ4v) is 1.66. The summed E-state index contributed by atoms with van der Waals surface area (Å²) in [4.78, 5) is 27.5. The van der Waals surface area contributed by atoms with Crippen molar-refractivity contribution in [2.45, 2.75) is 13.0 Å². The highest BCUT2D eigenvalue weighted by molar-refractivity contribution is 5.95. The van der Waals surface area contributed by atoms with Crippen molar-refractivity contribution in [3.63, 3.8) is 0 Å². The molecular weight excluding hydrogens is 296 g/mol. The molecule has 0 fully saturated rings. The summed E-state index contributed by atoms with van der Waals surface area (Å²) < 4.78 is 5.43. The molecule has 1 heterocycles. The number of pyridine rings is 1. The molecule has 1 aromatic heterocycles. The van der Waals surface area contributed by atoms with Crippen molar-refractivity contribution < 1.29 is 14.3 Å². The molecule has 116 valence electrons. The average molecular weight is 310 g/mol. The van der Waals surface area contributed by atoms with Crippen molar-refractivity contribution in [1.82, 2.24) is 15.8 Å². The topological polar surface area (TPSA) is 104 Å². The predicted molar refractivity (Wildman–Crippen MR) is 81.1 cm³/mol. The van der Waals surface area contributed by atoms with Gasteiger partial charge in [0.25, 0.3) is 11.8 Å². The first-order valence-corrected chi connectivity index (χ1v) is 6.77. The van der Waals surface area contributed by atoms with Gasteiger partial charge < -0.3 is 4.74 Å². The predicted octanol–water partition coefficient (Wildman–Crippen LogP) is 1.18. The summed E-state index contributed by atoms with van der Waals surface area (Å²) in [5.74, 6) is -0.504. The molecule has 2 aromatic rings. The number of benzene rings is 1. The van der Waals surface area contributed by atoms with E-state index < -0.39 is 17.9 Å². The number of amides is 2. The van der Waals surface area contributed by atoms with Gasteiger partial charge in [-0.3, -0.25) is 25.4 Å². The van der Waals surface area contributed by atoms with Crippen LogP contribution in [0.1, 0.15) is 22.8 Å². The molecule has 1 atom stereocenters. The number of hydrogen-bond acceptors (Lipinski definition) is 5. The molecule has 7 nitrogen and oxygen atoms in total. The molecule has 0 unspecified atom stereocenters. The molecule has 0 saturated heterocycles. The first-order chi connectivity index (χ1) is 11.1. The second kappa shape index (κ2) is 7.56. The van der Waals surface area contributed by atoms with Crippen LogP contribution in [0.15, 0.2) is 48.8 Å². The number of ether oxygens (including phenoxy) is 1. The summed E-state index contributed by atoms with van der Waals surface area (Å²) in [6.45, 7) is 1.55. The Morgan fingerprint density at radius 3 is 2.39 bits per heavy atom. The molecule has 2 rings (SSSR count). The van der Waals surface area contributed by atoms with E-state index in [1.54, 1.807) is 31.2 Å². The Morgan fingerprint density at radius 2 is 1.78 bits per heavy atom. The molecule has 0 aliphatic rings. The monoisotopic (exact) mass is 310 g/mol. The number of carbonyl (C=O) groups is 2. The summed E-state index contributed by atoms with van der Waals surface area (Å²) in [6.07, 6.45) is 2.14. The van der Waals surface area contributed by atoms with Crippen LogP contribution in [-0.4, -0.2) is 22.9 Å². The minimum Gasteiger partial charge on any atom is -0.481 e. The molecule has 0 bridgehead atoms. The van der Waals surface area contributed by atoms with Gasteiger partial charge in [0.15, 0.2) is 6.10 Å². The third kappa shape index (κ3) is 4.54. The van der Waals surface area contributed by atoms with Crippen molar-refractivity contribution in [2.24, 2.45) is 0 Å². The van der Waals surface area contributed by atoms with Crippen LogP contribution in [0.2, 0.25) is 0 Å². The summed E-state index contributed by atoms with van der Waals surface area (Å²) in [7, 11) is 0. The largest absolute Gasteiger partial charge is 0.481 e. The van der Waals surface area contributed by atoms with Gasteiger partial charge in [-0.25, -0.2) is 0 Å². The lowest BCUT2D eigenvalue weighted by Gasteiger charge is -2.15. The lowest BCUT2D eigenvalue weighted by Crippen LogP contribution is -2.47. The Hall–Kier alpha value is -3.40. The molecule has 7 heteroatoms. The molecule has 23 heavy (non-hydrogen) atoms. The van der Waals surface area contributed by atoms with E-state index in [9.17, 15) is 9.59 Å². The number of aromatic nitrogens is 1. The summed E-state index contributed by atoms with van der Waals surface area (Å²) >= 11 is 0. The SMILES string of the molecule is C[C@@H](Oc1ccc(C#N)cc1)C(=O)NNC(=O)c1ccncc1. The lowest BCUT2D eigenvalue weighted by atomic mass is 10.2. The van der Waals surface area contributed by atoms with E-state index >= 15 is 0 Å². The van der Waals surface area contributed by atoms with Crippen LogP contribution in [0.3, 0.4) is 0 Å². The third-order valence-electron chi connectivity index (χ3n) is 2.91. The van der Waals surface area contributed by atoms with Crippen molar-refractivity contribution in [1.29, 1.82) is 5.26 Å². The zero-order valence-electron chi connectivity index (χ0n) is 12.3. The van der Waals surface area contributed by atoms with Crippen LogP contribution in [0.5, 0.6) is 5.75 Å². The molecule has 1 aromatic carbocycles. The molecule has 0 spiro atoms. The van der Waals surface area contributed by atoms with E-state index in [1.165, 1.54) is 24.5 Å². The maximum atomic E-state index is 11.9. The Kier molecular flexibility index (Phi) is 5.25. The zero-order chi connectivity index (χ0) is 16.7. The quantitative estimate of drug-likeness (QED) is 0.825. The lowest BCUT2D eigenvalue weighted by molar-refractivity contribution is -0.128. The fraction of sp³-hybridized carbons (Fsp3) is 0.125. The van der Waals surface area contributed by atoms with Crippen molar-refractivity contribution in [3.8, 4) is 11.8 Å².